The molecule has 4 nitrogen and oxygen atoms in total. The number of carbonyl (C=O) groups is 1. The molecule has 0 saturated heterocycles. The van der Waals surface area contributed by atoms with E-state index in [2.05, 4.69) is 6.07 Å². The van der Waals surface area contributed by atoms with Crippen LogP contribution in [-0.2, 0) is 11.2 Å². The van der Waals surface area contributed by atoms with E-state index in [9.17, 15) is 9.90 Å². The third kappa shape index (κ3) is 4.25. The third-order valence-corrected chi connectivity index (χ3v) is 3.89. The Kier molecular flexibility index (Phi) is 5.27. The Morgan fingerprint density at radius 1 is 1.13 bits per heavy atom. The second-order valence-corrected chi connectivity index (χ2v) is 5.70. The average molecular weight is 314 g/mol. The maximum Gasteiger partial charge on any atom is 0.345 e. The summed E-state index contributed by atoms with van der Waals surface area (Å²) in [5.41, 5.74) is 4.00. The number of carboxylic acid groups (broad SMARTS) is 1. The van der Waals surface area contributed by atoms with Gasteiger partial charge in [0.15, 0.2) is 6.10 Å². The molecule has 2 rings (SSSR count). The molecule has 0 amide bonds. The van der Waals surface area contributed by atoms with Crippen molar-refractivity contribution in [3.05, 3.63) is 58.7 Å². The van der Waals surface area contributed by atoms with Crippen LogP contribution in [0.5, 0.6) is 11.5 Å². The maximum atomic E-state index is 11.6. The first-order chi connectivity index (χ1) is 10.9. The summed E-state index contributed by atoms with van der Waals surface area (Å²) in [4.78, 5) is 11.6. The van der Waals surface area contributed by atoms with E-state index in [4.69, 9.17) is 9.47 Å². The van der Waals surface area contributed by atoms with Crippen molar-refractivity contribution in [2.45, 2.75) is 33.3 Å². The minimum Gasteiger partial charge on any atom is -0.497 e. The lowest BCUT2D eigenvalue weighted by Crippen LogP contribution is -2.29. The molecule has 0 saturated carbocycles. The summed E-state index contributed by atoms with van der Waals surface area (Å²) < 4.78 is 10.9. The van der Waals surface area contributed by atoms with Crippen LogP contribution in [0.3, 0.4) is 0 Å². The van der Waals surface area contributed by atoms with E-state index in [1.54, 1.807) is 7.11 Å². The molecule has 0 aromatic heterocycles. The number of hydrogen-bond acceptors (Lipinski definition) is 3. The van der Waals surface area contributed by atoms with Crippen molar-refractivity contribution in [1.29, 1.82) is 0 Å². The predicted octanol–water partition coefficient (Wildman–Crippen LogP) is 3.70. The lowest BCUT2D eigenvalue weighted by atomic mass is 10.0. The van der Waals surface area contributed by atoms with Gasteiger partial charge in [0.1, 0.15) is 11.5 Å². The molecule has 0 bridgehead atoms. The van der Waals surface area contributed by atoms with E-state index in [1.165, 1.54) is 0 Å². The normalized spacial score (nSPS) is 11.8. The van der Waals surface area contributed by atoms with Crippen molar-refractivity contribution >= 4 is 5.97 Å². The molecule has 2 aromatic rings. The fourth-order valence-corrected chi connectivity index (χ4v) is 2.43. The summed E-state index contributed by atoms with van der Waals surface area (Å²) in [6.07, 6.45) is -0.630. The van der Waals surface area contributed by atoms with Crippen LogP contribution in [0, 0.1) is 20.8 Å². The van der Waals surface area contributed by atoms with Gasteiger partial charge >= 0.3 is 5.97 Å². The number of rotatable bonds is 6. The van der Waals surface area contributed by atoms with Gasteiger partial charge in [0.05, 0.1) is 7.11 Å². The highest BCUT2D eigenvalue weighted by Crippen LogP contribution is 2.25. The van der Waals surface area contributed by atoms with Crippen molar-refractivity contribution in [2.24, 2.45) is 0 Å². The number of hydrogen-bond donors (Lipinski definition) is 1. The summed E-state index contributed by atoms with van der Waals surface area (Å²) in [5, 5.41) is 9.48. The summed E-state index contributed by atoms with van der Waals surface area (Å²) in [6, 6.07) is 11.3. The maximum absolute atomic E-state index is 11.6. The number of aliphatic carboxylic acids is 1. The minimum absolute atomic E-state index is 0.297. The number of methoxy groups -OCH3 is 1. The lowest BCUT2D eigenvalue weighted by molar-refractivity contribution is -0.145. The lowest BCUT2D eigenvalue weighted by Gasteiger charge is -2.18. The smallest absolute Gasteiger partial charge is 0.345 e. The highest BCUT2D eigenvalue weighted by atomic mass is 16.5. The fraction of sp³-hybridized carbons (Fsp3) is 0.316. The molecule has 0 aliphatic rings. The molecule has 23 heavy (non-hydrogen) atoms. The Balaban J connectivity index is 2.20. The van der Waals surface area contributed by atoms with Gasteiger partial charge < -0.3 is 14.6 Å². The quantitative estimate of drug-likeness (QED) is 0.883. The zero-order valence-electron chi connectivity index (χ0n) is 13.9. The van der Waals surface area contributed by atoms with Gasteiger partial charge in [0.25, 0.3) is 0 Å². The van der Waals surface area contributed by atoms with E-state index in [0.29, 0.717) is 12.2 Å². The van der Waals surface area contributed by atoms with Gasteiger partial charge in [-0.05, 0) is 61.2 Å². The van der Waals surface area contributed by atoms with Crippen LogP contribution in [-0.4, -0.2) is 24.3 Å². The number of aryl methyl sites for hydroxylation is 2. The second-order valence-electron chi connectivity index (χ2n) is 5.70. The van der Waals surface area contributed by atoms with Gasteiger partial charge in [-0.2, -0.15) is 0 Å². The zero-order chi connectivity index (χ0) is 17.0. The largest absolute Gasteiger partial charge is 0.497 e. The first kappa shape index (κ1) is 16.9. The van der Waals surface area contributed by atoms with Gasteiger partial charge in [-0.3, -0.25) is 0 Å². The molecule has 0 aliphatic carbocycles. The number of carboxylic acids is 1. The highest BCUT2D eigenvalue weighted by molar-refractivity contribution is 5.73. The first-order valence-corrected chi connectivity index (χ1v) is 7.51. The van der Waals surface area contributed by atoms with Crippen molar-refractivity contribution in [3.63, 3.8) is 0 Å². The van der Waals surface area contributed by atoms with E-state index < -0.39 is 12.1 Å². The van der Waals surface area contributed by atoms with Crippen LogP contribution in [0.25, 0.3) is 0 Å². The van der Waals surface area contributed by atoms with Gasteiger partial charge in [-0.25, -0.2) is 4.79 Å². The van der Waals surface area contributed by atoms with E-state index >= 15 is 0 Å². The number of ether oxygens (including phenoxy) is 2. The Bertz CT molecular complexity index is 689. The summed E-state index contributed by atoms with van der Waals surface area (Å²) in [7, 11) is 1.60. The van der Waals surface area contributed by atoms with Gasteiger partial charge in [-0.1, -0.05) is 18.2 Å². The standard InChI is InChI=1S/C19H22O4/c1-12-9-13(2)14(3)17(10-12)23-18(19(20)21)11-15-5-7-16(22-4)8-6-15/h5-10,18H,11H2,1-4H3,(H,20,21)/t18-/m0/s1. The van der Waals surface area contributed by atoms with Crippen molar-refractivity contribution in [2.75, 3.05) is 7.11 Å². The molecule has 122 valence electrons. The molecule has 0 fully saturated rings. The van der Waals surface area contributed by atoms with Crippen LogP contribution in [0.1, 0.15) is 22.3 Å². The number of benzene rings is 2. The second kappa shape index (κ2) is 7.18. The summed E-state index contributed by atoms with van der Waals surface area (Å²) in [5.74, 6) is 0.398. The van der Waals surface area contributed by atoms with Crippen molar-refractivity contribution < 1.29 is 19.4 Å². The highest BCUT2D eigenvalue weighted by Gasteiger charge is 2.21. The SMILES string of the molecule is COc1ccc(C[C@H](Oc2cc(C)cc(C)c2C)C(=O)O)cc1. The Hall–Kier alpha value is -2.49. The molecule has 2 aromatic carbocycles. The molecule has 0 unspecified atom stereocenters. The molecular weight excluding hydrogens is 292 g/mol. The van der Waals surface area contributed by atoms with Crippen LogP contribution in [0.4, 0.5) is 0 Å². The Morgan fingerprint density at radius 2 is 1.78 bits per heavy atom. The molecule has 1 N–H and O–H groups in total. The molecule has 0 heterocycles. The van der Waals surface area contributed by atoms with E-state index in [1.807, 2.05) is 51.1 Å². The average Bonchev–Trinajstić information content (AvgIpc) is 2.52. The van der Waals surface area contributed by atoms with Gasteiger partial charge in [0, 0.05) is 6.42 Å². The van der Waals surface area contributed by atoms with Crippen LogP contribution in [0.2, 0.25) is 0 Å². The minimum atomic E-state index is -0.973. The summed E-state index contributed by atoms with van der Waals surface area (Å²) >= 11 is 0. The van der Waals surface area contributed by atoms with Crippen LogP contribution >= 0.6 is 0 Å². The monoisotopic (exact) mass is 314 g/mol. The van der Waals surface area contributed by atoms with Crippen molar-refractivity contribution in [1.82, 2.24) is 0 Å². The third-order valence-electron chi connectivity index (χ3n) is 3.89. The fourth-order valence-electron chi connectivity index (χ4n) is 2.43. The van der Waals surface area contributed by atoms with E-state index in [-0.39, 0.29) is 0 Å². The first-order valence-electron chi connectivity index (χ1n) is 7.51. The van der Waals surface area contributed by atoms with Gasteiger partial charge in [0.2, 0.25) is 0 Å². The Morgan fingerprint density at radius 3 is 2.35 bits per heavy atom. The zero-order valence-corrected chi connectivity index (χ0v) is 13.9. The van der Waals surface area contributed by atoms with Crippen LogP contribution < -0.4 is 9.47 Å². The molecule has 0 aliphatic heterocycles. The molecular formula is C19H22O4. The van der Waals surface area contributed by atoms with Crippen LogP contribution in [0.15, 0.2) is 36.4 Å². The topological polar surface area (TPSA) is 55.8 Å². The molecule has 0 spiro atoms. The summed E-state index contributed by atoms with van der Waals surface area (Å²) in [6.45, 7) is 5.91. The van der Waals surface area contributed by atoms with Gasteiger partial charge in [-0.15, -0.1) is 0 Å². The molecule has 0 radical (unpaired) electrons. The predicted molar refractivity (Wildman–Crippen MR) is 89.4 cm³/mol. The van der Waals surface area contributed by atoms with E-state index in [0.717, 1.165) is 28.0 Å². The van der Waals surface area contributed by atoms with Crippen molar-refractivity contribution in [3.8, 4) is 11.5 Å². The molecule has 1 atom stereocenters. The molecule has 4 heteroatoms. The Labute approximate surface area is 136 Å².